The molecule has 1 amide bonds. The van der Waals surface area contributed by atoms with Gasteiger partial charge >= 0.3 is 0 Å². The van der Waals surface area contributed by atoms with E-state index in [0.29, 0.717) is 32.6 Å². The molecule has 0 bridgehead atoms. The molecular weight excluding hydrogens is 242 g/mol. The van der Waals surface area contributed by atoms with E-state index in [-0.39, 0.29) is 5.91 Å². The van der Waals surface area contributed by atoms with Crippen molar-refractivity contribution in [2.75, 3.05) is 40.3 Å². The van der Waals surface area contributed by atoms with Gasteiger partial charge in [-0.25, -0.2) is 0 Å². The zero-order valence-corrected chi connectivity index (χ0v) is 11.5. The van der Waals surface area contributed by atoms with E-state index in [1.807, 2.05) is 6.92 Å². The standard InChI is InChI=1S/C10H21N3O3S/c1-4-5-10(14)12-6-8-13(9-7-12)17(15,16)11(2)3/h4-9H2,1-3H3. The van der Waals surface area contributed by atoms with Gasteiger partial charge in [-0.1, -0.05) is 6.92 Å². The van der Waals surface area contributed by atoms with Crippen LogP contribution in [0.1, 0.15) is 19.8 Å². The van der Waals surface area contributed by atoms with Crippen molar-refractivity contribution >= 4 is 16.1 Å². The Hall–Kier alpha value is -0.660. The van der Waals surface area contributed by atoms with E-state index in [1.165, 1.54) is 22.7 Å². The van der Waals surface area contributed by atoms with Crippen LogP contribution in [0.4, 0.5) is 0 Å². The first-order valence-electron chi connectivity index (χ1n) is 5.85. The fourth-order valence-electron chi connectivity index (χ4n) is 1.77. The molecule has 17 heavy (non-hydrogen) atoms. The second kappa shape index (κ2) is 5.79. The van der Waals surface area contributed by atoms with Crippen LogP contribution in [0.5, 0.6) is 0 Å². The van der Waals surface area contributed by atoms with Gasteiger partial charge in [0.15, 0.2) is 0 Å². The molecule has 0 spiro atoms. The lowest BCUT2D eigenvalue weighted by Crippen LogP contribution is -2.53. The van der Waals surface area contributed by atoms with Gasteiger partial charge in [-0.2, -0.15) is 17.0 Å². The summed E-state index contributed by atoms with van der Waals surface area (Å²) in [6.07, 6.45) is 1.37. The highest BCUT2D eigenvalue weighted by Crippen LogP contribution is 2.10. The fraction of sp³-hybridized carbons (Fsp3) is 0.900. The summed E-state index contributed by atoms with van der Waals surface area (Å²) in [5.41, 5.74) is 0. The Bertz CT molecular complexity index is 359. The van der Waals surface area contributed by atoms with Crippen LogP contribution >= 0.6 is 0 Å². The smallest absolute Gasteiger partial charge is 0.281 e. The first-order valence-corrected chi connectivity index (χ1v) is 7.24. The number of carbonyl (C=O) groups excluding carboxylic acids is 1. The van der Waals surface area contributed by atoms with Gasteiger partial charge in [-0.3, -0.25) is 4.79 Å². The van der Waals surface area contributed by atoms with Crippen LogP contribution in [0.15, 0.2) is 0 Å². The van der Waals surface area contributed by atoms with Gasteiger partial charge in [0.05, 0.1) is 0 Å². The summed E-state index contributed by atoms with van der Waals surface area (Å²) in [7, 11) is -0.297. The lowest BCUT2D eigenvalue weighted by molar-refractivity contribution is -0.132. The Labute approximate surface area is 103 Å². The Balaban J connectivity index is 2.54. The Morgan fingerprint density at radius 1 is 1.18 bits per heavy atom. The third-order valence-corrected chi connectivity index (χ3v) is 4.78. The molecule has 1 fully saturated rings. The Morgan fingerprint density at radius 3 is 2.12 bits per heavy atom. The third kappa shape index (κ3) is 3.40. The topological polar surface area (TPSA) is 60.9 Å². The number of nitrogens with zero attached hydrogens (tertiary/aromatic N) is 3. The van der Waals surface area contributed by atoms with Crippen molar-refractivity contribution in [2.45, 2.75) is 19.8 Å². The van der Waals surface area contributed by atoms with Gasteiger partial charge in [0.25, 0.3) is 10.2 Å². The molecule has 0 radical (unpaired) electrons. The molecule has 7 heteroatoms. The van der Waals surface area contributed by atoms with Crippen molar-refractivity contribution in [3.05, 3.63) is 0 Å². The predicted molar refractivity (Wildman–Crippen MR) is 65.7 cm³/mol. The molecule has 0 N–H and O–H groups in total. The number of carbonyl (C=O) groups is 1. The molecule has 1 rings (SSSR count). The van der Waals surface area contributed by atoms with Crippen molar-refractivity contribution in [1.29, 1.82) is 0 Å². The summed E-state index contributed by atoms with van der Waals surface area (Å²) >= 11 is 0. The molecule has 100 valence electrons. The summed E-state index contributed by atoms with van der Waals surface area (Å²) in [4.78, 5) is 13.4. The fourth-order valence-corrected chi connectivity index (χ4v) is 2.86. The molecule has 0 atom stereocenters. The van der Waals surface area contributed by atoms with Gasteiger partial charge in [0.2, 0.25) is 5.91 Å². The van der Waals surface area contributed by atoms with Crippen molar-refractivity contribution in [3.63, 3.8) is 0 Å². The lowest BCUT2D eigenvalue weighted by atomic mass is 10.2. The molecule has 0 aromatic heterocycles. The molecule has 0 aromatic rings. The van der Waals surface area contributed by atoms with Crippen LogP contribution < -0.4 is 0 Å². The Morgan fingerprint density at radius 2 is 1.71 bits per heavy atom. The maximum atomic E-state index is 11.8. The van der Waals surface area contributed by atoms with E-state index in [9.17, 15) is 13.2 Å². The van der Waals surface area contributed by atoms with Crippen molar-refractivity contribution in [2.24, 2.45) is 0 Å². The minimum atomic E-state index is -3.33. The van der Waals surface area contributed by atoms with Crippen LogP contribution in [0.25, 0.3) is 0 Å². The highest BCUT2D eigenvalue weighted by Gasteiger charge is 2.29. The van der Waals surface area contributed by atoms with Gasteiger partial charge in [-0.05, 0) is 6.42 Å². The number of hydrogen-bond donors (Lipinski definition) is 0. The first kappa shape index (κ1) is 14.4. The van der Waals surface area contributed by atoms with Crippen LogP contribution in [0.3, 0.4) is 0 Å². The third-order valence-electron chi connectivity index (χ3n) is 2.84. The van der Waals surface area contributed by atoms with E-state index in [2.05, 4.69) is 0 Å². The van der Waals surface area contributed by atoms with Gasteiger partial charge in [0.1, 0.15) is 0 Å². The molecule has 1 heterocycles. The maximum Gasteiger partial charge on any atom is 0.281 e. The summed E-state index contributed by atoms with van der Waals surface area (Å²) in [6.45, 7) is 3.72. The average molecular weight is 263 g/mol. The largest absolute Gasteiger partial charge is 0.340 e. The molecule has 1 aliphatic heterocycles. The molecule has 1 aliphatic rings. The zero-order valence-electron chi connectivity index (χ0n) is 10.7. The van der Waals surface area contributed by atoms with E-state index in [1.54, 1.807) is 4.90 Å². The second-order valence-corrected chi connectivity index (χ2v) is 6.46. The SMILES string of the molecule is CCCC(=O)N1CCN(S(=O)(=O)N(C)C)CC1. The molecule has 0 unspecified atom stereocenters. The highest BCUT2D eigenvalue weighted by atomic mass is 32.2. The molecule has 0 saturated carbocycles. The van der Waals surface area contributed by atoms with E-state index in [4.69, 9.17) is 0 Å². The van der Waals surface area contributed by atoms with Crippen molar-refractivity contribution in [1.82, 2.24) is 13.5 Å². The van der Waals surface area contributed by atoms with Crippen molar-refractivity contribution < 1.29 is 13.2 Å². The number of hydrogen-bond acceptors (Lipinski definition) is 3. The maximum absolute atomic E-state index is 11.8. The molecule has 1 saturated heterocycles. The van der Waals surface area contributed by atoms with Gasteiger partial charge in [-0.15, -0.1) is 0 Å². The predicted octanol–water partition coefficient (Wildman–Crippen LogP) is -0.263. The van der Waals surface area contributed by atoms with Crippen LogP contribution in [0.2, 0.25) is 0 Å². The first-order chi connectivity index (χ1) is 7.89. The summed E-state index contributed by atoms with van der Waals surface area (Å²) in [5.74, 6) is 0.120. The number of piperazine rings is 1. The van der Waals surface area contributed by atoms with E-state index < -0.39 is 10.2 Å². The molecular formula is C10H21N3O3S. The minimum Gasteiger partial charge on any atom is -0.340 e. The van der Waals surface area contributed by atoms with Crippen LogP contribution in [-0.4, -0.2) is 68.1 Å². The van der Waals surface area contributed by atoms with E-state index in [0.717, 1.165) is 6.42 Å². The lowest BCUT2D eigenvalue weighted by Gasteiger charge is -2.35. The number of amides is 1. The van der Waals surface area contributed by atoms with E-state index >= 15 is 0 Å². The minimum absolute atomic E-state index is 0.120. The highest BCUT2D eigenvalue weighted by molar-refractivity contribution is 7.86. The van der Waals surface area contributed by atoms with Crippen LogP contribution in [-0.2, 0) is 15.0 Å². The summed E-state index contributed by atoms with van der Waals surface area (Å²) in [5, 5.41) is 0. The normalized spacial score (nSPS) is 18.7. The monoisotopic (exact) mass is 263 g/mol. The quantitative estimate of drug-likeness (QED) is 0.702. The molecule has 0 aliphatic carbocycles. The zero-order chi connectivity index (χ0) is 13.1. The number of rotatable bonds is 4. The Kier molecular flexibility index (Phi) is 4.91. The van der Waals surface area contributed by atoms with Gasteiger partial charge < -0.3 is 4.90 Å². The molecule has 0 aromatic carbocycles. The average Bonchev–Trinajstić information content (AvgIpc) is 2.29. The second-order valence-electron chi connectivity index (χ2n) is 4.32. The van der Waals surface area contributed by atoms with Gasteiger partial charge in [0, 0.05) is 46.7 Å². The molecule has 6 nitrogen and oxygen atoms in total. The van der Waals surface area contributed by atoms with Crippen LogP contribution in [0, 0.1) is 0 Å². The van der Waals surface area contributed by atoms with Crippen molar-refractivity contribution in [3.8, 4) is 0 Å². The summed E-state index contributed by atoms with van der Waals surface area (Å²) in [6, 6.07) is 0. The summed E-state index contributed by atoms with van der Waals surface area (Å²) < 4.78 is 26.3.